The van der Waals surface area contributed by atoms with Gasteiger partial charge in [-0.15, -0.1) is 0 Å². The van der Waals surface area contributed by atoms with Crippen molar-refractivity contribution in [3.05, 3.63) is 27.7 Å². The van der Waals surface area contributed by atoms with Crippen molar-refractivity contribution in [1.29, 1.82) is 0 Å². The van der Waals surface area contributed by atoms with Gasteiger partial charge >= 0.3 is 0 Å². The van der Waals surface area contributed by atoms with Gasteiger partial charge in [0.15, 0.2) is 0 Å². The van der Waals surface area contributed by atoms with Crippen LogP contribution in [0.25, 0.3) is 0 Å². The van der Waals surface area contributed by atoms with Crippen molar-refractivity contribution < 1.29 is 5.11 Å². The SMILES string of the molecule is CC(C)Cn1nc(C(C)C)cc(C(C)(C)O)c1=O. The highest BCUT2D eigenvalue weighted by Crippen LogP contribution is 2.19. The highest BCUT2D eigenvalue weighted by Gasteiger charge is 2.23. The van der Waals surface area contributed by atoms with E-state index in [4.69, 9.17) is 0 Å². The van der Waals surface area contributed by atoms with Gasteiger partial charge in [0, 0.05) is 6.54 Å². The summed E-state index contributed by atoms with van der Waals surface area (Å²) >= 11 is 0. The van der Waals surface area contributed by atoms with Gasteiger partial charge in [0.1, 0.15) is 0 Å². The lowest BCUT2D eigenvalue weighted by atomic mass is 9.97. The van der Waals surface area contributed by atoms with Gasteiger partial charge in [-0.1, -0.05) is 27.7 Å². The lowest BCUT2D eigenvalue weighted by molar-refractivity contribution is 0.0757. The van der Waals surface area contributed by atoms with Crippen LogP contribution >= 0.6 is 0 Å². The second-order valence-corrected chi connectivity index (χ2v) is 6.08. The number of aromatic nitrogens is 2. The van der Waals surface area contributed by atoms with Gasteiger partial charge in [0.25, 0.3) is 5.56 Å². The second-order valence-electron chi connectivity index (χ2n) is 6.08. The summed E-state index contributed by atoms with van der Waals surface area (Å²) in [6, 6.07) is 1.73. The van der Waals surface area contributed by atoms with Crippen LogP contribution in [-0.4, -0.2) is 14.9 Å². The van der Waals surface area contributed by atoms with Gasteiger partial charge in [-0.3, -0.25) is 4.79 Å². The van der Waals surface area contributed by atoms with Gasteiger partial charge in [-0.05, 0) is 31.7 Å². The Bertz CT molecular complexity index is 468. The first kappa shape index (κ1) is 14.9. The van der Waals surface area contributed by atoms with E-state index in [1.54, 1.807) is 19.9 Å². The molecule has 0 atom stereocenters. The van der Waals surface area contributed by atoms with Gasteiger partial charge < -0.3 is 5.11 Å². The monoisotopic (exact) mass is 252 g/mol. The minimum atomic E-state index is -1.14. The van der Waals surface area contributed by atoms with E-state index in [1.807, 2.05) is 27.7 Å². The summed E-state index contributed by atoms with van der Waals surface area (Å²) in [4.78, 5) is 12.3. The van der Waals surface area contributed by atoms with E-state index in [0.717, 1.165) is 5.69 Å². The second kappa shape index (κ2) is 5.22. The van der Waals surface area contributed by atoms with Gasteiger partial charge in [-0.25, -0.2) is 4.68 Å². The highest BCUT2D eigenvalue weighted by atomic mass is 16.3. The van der Waals surface area contributed by atoms with Crippen molar-refractivity contribution in [2.75, 3.05) is 0 Å². The average molecular weight is 252 g/mol. The van der Waals surface area contributed by atoms with Crippen molar-refractivity contribution >= 4 is 0 Å². The first-order valence-electron chi connectivity index (χ1n) is 6.47. The third kappa shape index (κ3) is 3.42. The predicted molar refractivity (Wildman–Crippen MR) is 72.7 cm³/mol. The molecule has 0 aliphatic heterocycles. The molecule has 0 amide bonds. The van der Waals surface area contributed by atoms with Crippen molar-refractivity contribution in [3.63, 3.8) is 0 Å². The smallest absolute Gasteiger partial charge is 0.272 e. The Labute approximate surface area is 109 Å². The molecule has 102 valence electrons. The molecule has 1 rings (SSSR count). The molecule has 18 heavy (non-hydrogen) atoms. The fourth-order valence-electron chi connectivity index (χ4n) is 1.75. The molecule has 0 fully saturated rings. The van der Waals surface area contributed by atoms with E-state index in [9.17, 15) is 9.90 Å². The molecule has 0 aliphatic rings. The Kier molecular flexibility index (Phi) is 4.32. The van der Waals surface area contributed by atoms with E-state index in [2.05, 4.69) is 5.10 Å². The normalized spacial score (nSPS) is 12.5. The summed E-state index contributed by atoms with van der Waals surface area (Å²) in [6.07, 6.45) is 0. The molecular weight excluding hydrogens is 228 g/mol. The molecule has 0 bridgehead atoms. The fraction of sp³-hybridized carbons (Fsp3) is 0.714. The summed E-state index contributed by atoms with van der Waals surface area (Å²) in [5.41, 5.74) is -0.0719. The van der Waals surface area contributed by atoms with Crippen LogP contribution < -0.4 is 5.56 Å². The van der Waals surface area contributed by atoms with Gasteiger partial charge in [0.05, 0.1) is 16.9 Å². The maximum atomic E-state index is 12.3. The summed E-state index contributed by atoms with van der Waals surface area (Å²) in [5.74, 6) is 0.567. The molecule has 0 saturated carbocycles. The molecule has 0 aliphatic carbocycles. The molecule has 4 heteroatoms. The van der Waals surface area contributed by atoms with Crippen molar-refractivity contribution in [2.24, 2.45) is 5.92 Å². The number of hydrogen-bond acceptors (Lipinski definition) is 3. The number of nitrogens with zero attached hydrogens (tertiary/aromatic N) is 2. The first-order valence-corrected chi connectivity index (χ1v) is 6.47. The Morgan fingerprint density at radius 2 is 1.89 bits per heavy atom. The summed E-state index contributed by atoms with van der Waals surface area (Å²) in [7, 11) is 0. The fourth-order valence-corrected chi connectivity index (χ4v) is 1.75. The Hall–Kier alpha value is -1.16. The number of rotatable bonds is 4. The zero-order chi connectivity index (χ0) is 14.1. The summed E-state index contributed by atoms with van der Waals surface area (Å²) < 4.78 is 1.48. The Morgan fingerprint density at radius 3 is 2.28 bits per heavy atom. The van der Waals surface area contributed by atoms with Crippen LogP contribution in [0.4, 0.5) is 0 Å². The Balaban J connectivity index is 3.43. The van der Waals surface area contributed by atoms with E-state index in [1.165, 1.54) is 4.68 Å². The standard InChI is InChI=1S/C14H24N2O2/c1-9(2)8-16-13(17)11(14(5,6)18)7-12(15-16)10(3)4/h7,9-10,18H,8H2,1-6H3. The molecule has 1 aromatic heterocycles. The molecular formula is C14H24N2O2. The lowest BCUT2D eigenvalue weighted by Gasteiger charge is -2.20. The van der Waals surface area contributed by atoms with Crippen LogP contribution in [0.15, 0.2) is 10.9 Å². The number of aliphatic hydroxyl groups is 1. The quantitative estimate of drug-likeness (QED) is 0.894. The third-order valence-electron chi connectivity index (χ3n) is 2.78. The molecule has 0 unspecified atom stereocenters. The molecule has 1 aromatic rings. The van der Waals surface area contributed by atoms with Crippen LogP contribution in [0.1, 0.15) is 58.7 Å². The number of hydrogen-bond donors (Lipinski definition) is 1. The molecule has 0 saturated heterocycles. The van der Waals surface area contributed by atoms with Crippen LogP contribution in [0.2, 0.25) is 0 Å². The van der Waals surface area contributed by atoms with E-state index in [-0.39, 0.29) is 11.5 Å². The van der Waals surface area contributed by atoms with E-state index in [0.29, 0.717) is 18.0 Å². The first-order chi connectivity index (χ1) is 8.12. The van der Waals surface area contributed by atoms with Crippen LogP contribution in [0.3, 0.4) is 0 Å². The highest BCUT2D eigenvalue weighted by molar-refractivity contribution is 5.21. The van der Waals surface area contributed by atoms with Gasteiger partial charge in [0.2, 0.25) is 0 Å². The minimum absolute atomic E-state index is 0.194. The van der Waals surface area contributed by atoms with Gasteiger partial charge in [-0.2, -0.15) is 5.10 Å². The van der Waals surface area contributed by atoms with Crippen LogP contribution in [0.5, 0.6) is 0 Å². The predicted octanol–water partition coefficient (Wildman–Crippen LogP) is 2.25. The topological polar surface area (TPSA) is 55.1 Å². The zero-order valence-corrected chi connectivity index (χ0v) is 12.2. The maximum absolute atomic E-state index is 12.3. The van der Waals surface area contributed by atoms with Crippen molar-refractivity contribution in [3.8, 4) is 0 Å². The maximum Gasteiger partial charge on any atom is 0.272 e. The average Bonchev–Trinajstić information content (AvgIpc) is 2.18. The molecule has 0 radical (unpaired) electrons. The Morgan fingerprint density at radius 1 is 1.33 bits per heavy atom. The van der Waals surface area contributed by atoms with Crippen LogP contribution in [0, 0.1) is 5.92 Å². The van der Waals surface area contributed by atoms with E-state index >= 15 is 0 Å². The molecule has 1 N–H and O–H groups in total. The summed E-state index contributed by atoms with van der Waals surface area (Å²) in [5, 5.41) is 14.5. The molecule has 0 aromatic carbocycles. The van der Waals surface area contributed by atoms with E-state index < -0.39 is 5.60 Å². The summed E-state index contributed by atoms with van der Waals surface area (Å²) in [6.45, 7) is 12.0. The largest absolute Gasteiger partial charge is 0.386 e. The third-order valence-corrected chi connectivity index (χ3v) is 2.78. The molecule has 4 nitrogen and oxygen atoms in total. The minimum Gasteiger partial charge on any atom is -0.386 e. The zero-order valence-electron chi connectivity index (χ0n) is 12.2. The lowest BCUT2D eigenvalue weighted by Crippen LogP contribution is -2.35. The van der Waals surface area contributed by atoms with Crippen molar-refractivity contribution in [1.82, 2.24) is 9.78 Å². The molecule has 1 heterocycles. The van der Waals surface area contributed by atoms with Crippen molar-refractivity contribution in [2.45, 2.75) is 59.6 Å². The molecule has 0 spiro atoms. The van der Waals surface area contributed by atoms with Crippen LogP contribution in [-0.2, 0) is 12.1 Å².